The second-order valence-corrected chi connectivity index (χ2v) is 6.36. The number of carboxylic acids is 1. The topological polar surface area (TPSA) is 69.6 Å². The molecule has 5 nitrogen and oxygen atoms in total. The third-order valence-corrected chi connectivity index (χ3v) is 4.54. The predicted octanol–water partition coefficient (Wildman–Crippen LogP) is 2.56. The van der Waals surface area contributed by atoms with E-state index < -0.39 is 12.0 Å². The van der Waals surface area contributed by atoms with Crippen LogP contribution in [0.2, 0.25) is 0 Å². The van der Waals surface area contributed by atoms with Crippen LogP contribution in [0.15, 0.2) is 0 Å². The van der Waals surface area contributed by atoms with E-state index in [0.717, 1.165) is 31.4 Å². The van der Waals surface area contributed by atoms with Crippen LogP contribution in [0.5, 0.6) is 0 Å². The summed E-state index contributed by atoms with van der Waals surface area (Å²) >= 11 is 1.59. The smallest absolute Gasteiger partial charge is 0.326 e. The molecule has 0 heterocycles. The molecule has 1 atom stereocenters. The van der Waals surface area contributed by atoms with Gasteiger partial charge in [0.05, 0.1) is 0 Å². The molecule has 0 aromatic rings. The Balaban J connectivity index is 2.51. The number of urea groups is 1. The van der Waals surface area contributed by atoms with Gasteiger partial charge in [-0.25, -0.2) is 9.59 Å². The molecule has 1 saturated carbocycles. The lowest BCUT2D eigenvalue weighted by Crippen LogP contribution is -2.49. The predicted molar refractivity (Wildman–Crippen MR) is 82.2 cm³/mol. The standard InChI is InChI=1S/C14H26N2O3S/c1-16(11-7-5-3-4-6-8-11)14(19)15-12(13(17)18)9-10-20-2/h11-12H,3-10H2,1-2H3,(H,15,19)(H,17,18)/t12-/m0/s1. The van der Waals surface area contributed by atoms with Crippen LogP contribution in [0, 0.1) is 0 Å². The van der Waals surface area contributed by atoms with Gasteiger partial charge < -0.3 is 15.3 Å². The molecule has 1 rings (SSSR count). The summed E-state index contributed by atoms with van der Waals surface area (Å²) in [6.07, 6.45) is 9.20. The van der Waals surface area contributed by atoms with Gasteiger partial charge in [0, 0.05) is 13.1 Å². The maximum absolute atomic E-state index is 12.2. The lowest BCUT2D eigenvalue weighted by atomic mass is 10.1. The van der Waals surface area contributed by atoms with Crippen molar-refractivity contribution in [2.24, 2.45) is 0 Å². The maximum atomic E-state index is 12.2. The lowest BCUT2D eigenvalue weighted by Gasteiger charge is -2.28. The van der Waals surface area contributed by atoms with Gasteiger partial charge in [-0.15, -0.1) is 0 Å². The van der Waals surface area contributed by atoms with Crippen LogP contribution in [-0.4, -0.2) is 53.1 Å². The third-order valence-electron chi connectivity index (χ3n) is 3.90. The minimum absolute atomic E-state index is 0.243. The van der Waals surface area contributed by atoms with Crippen LogP contribution in [0.1, 0.15) is 44.9 Å². The van der Waals surface area contributed by atoms with Crippen LogP contribution >= 0.6 is 11.8 Å². The monoisotopic (exact) mass is 302 g/mol. The summed E-state index contributed by atoms with van der Waals surface area (Å²) in [4.78, 5) is 25.0. The average Bonchev–Trinajstić information content (AvgIpc) is 2.70. The van der Waals surface area contributed by atoms with E-state index in [1.165, 1.54) is 12.8 Å². The van der Waals surface area contributed by atoms with Crippen LogP contribution < -0.4 is 5.32 Å². The summed E-state index contributed by atoms with van der Waals surface area (Å²) < 4.78 is 0. The van der Waals surface area contributed by atoms with E-state index in [1.54, 1.807) is 23.7 Å². The molecule has 116 valence electrons. The average molecular weight is 302 g/mol. The molecule has 2 N–H and O–H groups in total. The van der Waals surface area contributed by atoms with Crippen LogP contribution in [0.25, 0.3) is 0 Å². The zero-order chi connectivity index (χ0) is 15.0. The Morgan fingerprint density at radius 3 is 2.40 bits per heavy atom. The van der Waals surface area contributed by atoms with E-state index in [9.17, 15) is 9.59 Å². The number of carboxylic acid groups (broad SMARTS) is 1. The van der Waals surface area contributed by atoms with Gasteiger partial charge in [-0.1, -0.05) is 25.7 Å². The number of rotatable bonds is 6. The number of amides is 2. The molecule has 0 aromatic carbocycles. The lowest BCUT2D eigenvalue weighted by molar-refractivity contribution is -0.139. The van der Waals surface area contributed by atoms with E-state index >= 15 is 0 Å². The Kier molecular flexibility index (Phi) is 7.80. The number of aliphatic carboxylic acids is 1. The Morgan fingerprint density at radius 2 is 1.90 bits per heavy atom. The van der Waals surface area contributed by atoms with Gasteiger partial charge in [0.1, 0.15) is 6.04 Å². The molecule has 0 aliphatic heterocycles. The molecule has 0 aromatic heterocycles. The van der Waals surface area contributed by atoms with E-state index in [-0.39, 0.29) is 12.1 Å². The number of thioether (sulfide) groups is 1. The van der Waals surface area contributed by atoms with Crippen molar-refractivity contribution in [2.75, 3.05) is 19.1 Å². The van der Waals surface area contributed by atoms with Crippen molar-refractivity contribution in [1.82, 2.24) is 10.2 Å². The molecule has 1 fully saturated rings. The summed E-state index contributed by atoms with van der Waals surface area (Å²) in [6.45, 7) is 0. The van der Waals surface area contributed by atoms with Crippen molar-refractivity contribution in [3.05, 3.63) is 0 Å². The molecule has 1 aliphatic carbocycles. The highest BCUT2D eigenvalue weighted by Crippen LogP contribution is 2.21. The zero-order valence-electron chi connectivity index (χ0n) is 12.4. The van der Waals surface area contributed by atoms with E-state index in [0.29, 0.717) is 6.42 Å². The quantitative estimate of drug-likeness (QED) is 0.740. The maximum Gasteiger partial charge on any atom is 0.326 e. The second kappa shape index (κ2) is 9.10. The summed E-state index contributed by atoms with van der Waals surface area (Å²) in [5, 5.41) is 11.8. The Labute approximate surface area is 125 Å². The van der Waals surface area contributed by atoms with Crippen molar-refractivity contribution in [3.8, 4) is 0 Å². The molecule has 0 radical (unpaired) electrons. The highest BCUT2D eigenvalue weighted by molar-refractivity contribution is 7.98. The molecule has 6 heteroatoms. The molecule has 0 spiro atoms. The van der Waals surface area contributed by atoms with Gasteiger partial charge in [-0.05, 0) is 31.3 Å². The molecule has 2 amide bonds. The Bertz CT molecular complexity index is 318. The number of hydrogen-bond acceptors (Lipinski definition) is 3. The molecule has 0 saturated heterocycles. The highest BCUT2D eigenvalue weighted by Gasteiger charge is 2.25. The van der Waals surface area contributed by atoms with Gasteiger partial charge in [0.2, 0.25) is 0 Å². The number of nitrogens with one attached hydrogen (secondary N) is 1. The first kappa shape index (κ1) is 17.1. The number of carbonyl (C=O) groups is 2. The normalized spacial score (nSPS) is 18.1. The largest absolute Gasteiger partial charge is 0.480 e. The summed E-state index contributed by atoms with van der Waals surface area (Å²) in [5.41, 5.74) is 0. The number of nitrogens with zero attached hydrogens (tertiary/aromatic N) is 1. The van der Waals surface area contributed by atoms with Gasteiger partial charge >= 0.3 is 12.0 Å². The van der Waals surface area contributed by atoms with Crippen molar-refractivity contribution in [3.63, 3.8) is 0 Å². The molecule has 0 bridgehead atoms. The fourth-order valence-electron chi connectivity index (χ4n) is 2.55. The first-order chi connectivity index (χ1) is 9.56. The van der Waals surface area contributed by atoms with Crippen molar-refractivity contribution in [1.29, 1.82) is 0 Å². The first-order valence-electron chi connectivity index (χ1n) is 7.31. The number of carbonyl (C=O) groups excluding carboxylic acids is 1. The molecular formula is C14H26N2O3S. The van der Waals surface area contributed by atoms with Gasteiger partial charge in [-0.2, -0.15) is 11.8 Å². The Morgan fingerprint density at radius 1 is 1.30 bits per heavy atom. The number of hydrogen-bond donors (Lipinski definition) is 2. The van der Waals surface area contributed by atoms with Gasteiger partial charge in [0.15, 0.2) is 0 Å². The molecular weight excluding hydrogens is 276 g/mol. The van der Waals surface area contributed by atoms with E-state index in [2.05, 4.69) is 5.32 Å². The Hall–Kier alpha value is -0.910. The summed E-state index contributed by atoms with van der Waals surface area (Å²) in [7, 11) is 1.78. The molecule has 0 unspecified atom stereocenters. The molecule has 1 aliphatic rings. The summed E-state index contributed by atoms with van der Waals surface area (Å²) in [5.74, 6) is -0.230. The first-order valence-corrected chi connectivity index (χ1v) is 8.70. The van der Waals surface area contributed by atoms with Crippen LogP contribution in [0.4, 0.5) is 4.79 Å². The minimum Gasteiger partial charge on any atom is -0.480 e. The zero-order valence-corrected chi connectivity index (χ0v) is 13.2. The van der Waals surface area contributed by atoms with E-state index in [1.807, 2.05) is 6.26 Å². The van der Waals surface area contributed by atoms with Crippen molar-refractivity contribution >= 4 is 23.8 Å². The third kappa shape index (κ3) is 5.61. The van der Waals surface area contributed by atoms with Crippen molar-refractivity contribution < 1.29 is 14.7 Å². The fourth-order valence-corrected chi connectivity index (χ4v) is 3.03. The molecule has 20 heavy (non-hydrogen) atoms. The fraction of sp³-hybridized carbons (Fsp3) is 0.857. The van der Waals surface area contributed by atoms with Crippen LogP contribution in [-0.2, 0) is 4.79 Å². The van der Waals surface area contributed by atoms with Gasteiger partial charge in [0.25, 0.3) is 0 Å². The minimum atomic E-state index is -0.957. The second-order valence-electron chi connectivity index (χ2n) is 5.38. The SMILES string of the molecule is CSCC[C@H](NC(=O)N(C)C1CCCCCC1)C(=O)O. The van der Waals surface area contributed by atoms with E-state index in [4.69, 9.17) is 5.11 Å². The van der Waals surface area contributed by atoms with Crippen molar-refractivity contribution in [2.45, 2.75) is 57.0 Å². The van der Waals surface area contributed by atoms with Crippen LogP contribution in [0.3, 0.4) is 0 Å². The van der Waals surface area contributed by atoms with Gasteiger partial charge in [-0.3, -0.25) is 0 Å². The highest BCUT2D eigenvalue weighted by atomic mass is 32.2. The summed E-state index contributed by atoms with van der Waals surface area (Å²) in [6, 6.07) is -0.805.